The highest BCUT2D eigenvalue weighted by Crippen LogP contribution is 2.35. The van der Waals surface area contributed by atoms with Gasteiger partial charge in [-0.15, -0.1) is 0 Å². The van der Waals surface area contributed by atoms with Crippen molar-refractivity contribution in [1.82, 2.24) is 0 Å². The largest absolute Gasteiger partial charge is 0.0928 e. The quantitative estimate of drug-likeness (QED) is 0.186. The molecule has 140 valence electrons. The van der Waals surface area contributed by atoms with Crippen LogP contribution < -0.4 is 0 Å². The lowest BCUT2D eigenvalue weighted by Gasteiger charge is -2.24. The van der Waals surface area contributed by atoms with E-state index >= 15 is 0 Å². The SMILES string of the molecule is Cc1ccc(C(CCCCCCCCCCBr)C2=CCCCC2)cc1. The molecule has 2 rings (SSSR count). The third-order valence-electron chi connectivity index (χ3n) is 5.63. The van der Waals surface area contributed by atoms with Crippen LogP contribution in [0.25, 0.3) is 0 Å². The Hall–Kier alpha value is -0.560. The maximum atomic E-state index is 3.52. The van der Waals surface area contributed by atoms with Gasteiger partial charge in [0.2, 0.25) is 0 Å². The summed E-state index contributed by atoms with van der Waals surface area (Å²) in [6, 6.07) is 9.33. The normalized spacial score (nSPS) is 15.8. The second-order valence-corrected chi connectivity index (χ2v) is 8.59. The molecular formula is C24H37Br. The fourth-order valence-electron chi connectivity index (χ4n) is 4.05. The van der Waals surface area contributed by atoms with Crippen LogP contribution in [0.2, 0.25) is 0 Å². The van der Waals surface area contributed by atoms with Gasteiger partial charge in [-0.05, 0) is 51.0 Å². The molecule has 1 aliphatic rings. The van der Waals surface area contributed by atoms with Crippen molar-refractivity contribution in [3.8, 4) is 0 Å². The molecule has 1 unspecified atom stereocenters. The van der Waals surface area contributed by atoms with Gasteiger partial charge in [0, 0.05) is 11.2 Å². The number of alkyl halides is 1. The van der Waals surface area contributed by atoms with E-state index in [2.05, 4.69) is 53.2 Å². The maximum Gasteiger partial charge on any atom is 0.00481 e. The first kappa shape index (κ1) is 20.7. The molecule has 0 bridgehead atoms. The zero-order chi connectivity index (χ0) is 17.7. The maximum absolute atomic E-state index is 3.52. The van der Waals surface area contributed by atoms with Gasteiger partial charge in [0.15, 0.2) is 0 Å². The summed E-state index contributed by atoms with van der Waals surface area (Å²) in [7, 11) is 0. The Morgan fingerprint density at radius 1 is 0.840 bits per heavy atom. The molecule has 1 aromatic rings. The topological polar surface area (TPSA) is 0 Å². The highest BCUT2D eigenvalue weighted by molar-refractivity contribution is 9.09. The van der Waals surface area contributed by atoms with E-state index in [1.807, 2.05) is 0 Å². The summed E-state index contributed by atoms with van der Waals surface area (Å²) in [5, 5.41) is 1.17. The molecule has 1 aliphatic carbocycles. The Kier molecular flexibility index (Phi) is 10.6. The van der Waals surface area contributed by atoms with Crippen LogP contribution in [0, 0.1) is 6.92 Å². The molecule has 0 aliphatic heterocycles. The first-order chi connectivity index (χ1) is 12.3. The number of benzene rings is 1. The predicted molar refractivity (Wildman–Crippen MR) is 116 cm³/mol. The molecule has 0 N–H and O–H groups in total. The minimum Gasteiger partial charge on any atom is -0.0928 e. The van der Waals surface area contributed by atoms with Crippen molar-refractivity contribution in [3.05, 3.63) is 47.0 Å². The Labute approximate surface area is 164 Å². The first-order valence-corrected chi connectivity index (χ1v) is 11.7. The fraction of sp³-hybridized carbons (Fsp3) is 0.667. The Bertz CT molecular complexity index is 485. The van der Waals surface area contributed by atoms with E-state index in [1.165, 1.54) is 94.4 Å². The van der Waals surface area contributed by atoms with Gasteiger partial charge in [-0.25, -0.2) is 0 Å². The lowest BCUT2D eigenvalue weighted by atomic mass is 9.81. The number of hydrogen-bond donors (Lipinski definition) is 0. The minimum atomic E-state index is 0.680. The minimum absolute atomic E-state index is 0.680. The van der Waals surface area contributed by atoms with Gasteiger partial charge in [0.1, 0.15) is 0 Å². The Morgan fingerprint density at radius 2 is 1.48 bits per heavy atom. The molecule has 25 heavy (non-hydrogen) atoms. The lowest BCUT2D eigenvalue weighted by Crippen LogP contribution is -2.06. The summed E-state index contributed by atoms with van der Waals surface area (Å²) in [5.74, 6) is 0.680. The monoisotopic (exact) mass is 404 g/mol. The summed E-state index contributed by atoms with van der Waals surface area (Å²) in [5.41, 5.74) is 4.65. The molecule has 1 aromatic carbocycles. The number of aryl methyl sites for hydroxylation is 1. The summed E-state index contributed by atoms with van der Waals surface area (Å²) in [4.78, 5) is 0. The zero-order valence-electron chi connectivity index (χ0n) is 16.2. The van der Waals surface area contributed by atoms with E-state index in [4.69, 9.17) is 0 Å². The zero-order valence-corrected chi connectivity index (χ0v) is 17.8. The van der Waals surface area contributed by atoms with Crippen LogP contribution >= 0.6 is 15.9 Å². The molecule has 0 radical (unpaired) electrons. The number of rotatable bonds is 12. The lowest BCUT2D eigenvalue weighted by molar-refractivity contribution is 0.536. The third-order valence-corrected chi connectivity index (χ3v) is 6.19. The van der Waals surface area contributed by atoms with E-state index in [1.54, 1.807) is 11.1 Å². The highest BCUT2D eigenvalue weighted by Gasteiger charge is 2.17. The summed E-state index contributed by atoms with van der Waals surface area (Å²) < 4.78 is 0. The van der Waals surface area contributed by atoms with Crippen molar-refractivity contribution in [2.75, 3.05) is 5.33 Å². The van der Waals surface area contributed by atoms with Gasteiger partial charge in [0.25, 0.3) is 0 Å². The van der Waals surface area contributed by atoms with Crippen molar-refractivity contribution in [2.24, 2.45) is 0 Å². The molecule has 0 aromatic heterocycles. The van der Waals surface area contributed by atoms with E-state index < -0.39 is 0 Å². The van der Waals surface area contributed by atoms with Crippen molar-refractivity contribution in [2.45, 2.75) is 96.3 Å². The molecule has 0 nitrogen and oxygen atoms in total. The van der Waals surface area contributed by atoms with Crippen LogP contribution in [-0.2, 0) is 0 Å². The standard InChI is InChI=1S/C24H37Br/c1-21-16-18-23(19-17-21)24(22-13-9-8-10-14-22)15-11-6-4-2-3-5-7-12-20-25/h13,16-19,24H,2-12,14-15,20H2,1H3. The molecular weight excluding hydrogens is 368 g/mol. The van der Waals surface area contributed by atoms with Crippen LogP contribution in [0.15, 0.2) is 35.9 Å². The molecule has 0 saturated heterocycles. The summed E-state index contributed by atoms with van der Waals surface area (Å²) >= 11 is 3.52. The van der Waals surface area contributed by atoms with Gasteiger partial charge in [-0.2, -0.15) is 0 Å². The van der Waals surface area contributed by atoms with E-state index in [-0.39, 0.29) is 0 Å². The van der Waals surface area contributed by atoms with Gasteiger partial charge in [-0.1, -0.05) is 102 Å². The van der Waals surface area contributed by atoms with E-state index in [9.17, 15) is 0 Å². The summed E-state index contributed by atoms with van der Waals surface area (Å²) in [6.07, 6.45) is 20.5. The number of unbranched alkanes of at least 4 members (excludes halogenated alkanes) is 7. The molecule has 0 amide bonds. The van der Waals surface area contributed by atoms with Crippen molar-refractivity contribution in [1.29, 1.82) is 0 Å². The van der Waals surface area contributed by atoms with Gasteiger partial charge in [0.05, 0.1) is 0 Å². The summed E-state index contributed by atoms with van der Waals surface area (Å²) in [6.45, 7) is 2.19. The third kappa shape index (κ3) is 8.11. The van der Waals surface area contributed by atoms with Crippen LogP contribution in [0.5, 0.6) is 0 Å². The average Bonchev–Trinajstić information content (AvgIpc) is 2.65. The van der Waals surface area contributed by atoms with Crippen molar-refractivity contribution < 1.29 is 0 Å². The second-order valence-electron chi connectivity index (χ2n) is 7.79. The first-order valence-electron chi connectivity index (χ1n) is 10.6. The van der Waals surface area contributed by atoms with E-state index in [0.29, 0.717) is 5.92 Å². The molecule has 0 heterocycles. The number of allylic oxidation sites excluding steroid dienone is 2. The second kappa shape index (κ2) is 12.7. The van der Waals surface area contributed by atoms with Crippen LogP contribution in [-0.4, -0.2) is 5.33 Å². The van der Waals surface area contributed by atoms with Gasteiger partial charge >= 0.3 is 0 Å². The molecule has 0 saturated carbocycles. The Balaban J connectivity index is 1.75. The Morgan fingerprint density at radius 3 is 2.08 bits per heavy atom. The van der Waals surface area contributed by atoms with Crippen LogP contribution in [0.1, 0.15) is 101 Å². The van der Waals surface area contributed by atoms with Gasteiger partial charge < -0.3 is 0 Å². The molecule has 0 spiro atoms. The number of halogens is 1. The molecule has 1 heteroatoms. The fourth-order valence-corrected chi connectivity index (χ4v) is 4.44. The van der Waals surface area contributed by atoms with E-state index in [0.717, 1.165) is 0 Å². The van der Waals surface area contributed by atoms with Crippen molar-refractivity contribution >= 4 is 15.9 Å². The average molecular weight is 405 g/mol. The smallest absolute Gasteiger partial charge is 0.00481 e. The van der Waals surface area contributed by atoms with Gasteiger partial charge in [-0.3, -0.25) is 0 Å². The van der Waals surface area contributed by atoms with Crippen molar-refractivity contribution in [3.63, 3.8) is 0 Å². The number of hydrogen-bond acceptors (Lipinski definition) is 0. The predicted octanol–water partition coefficient (Wildman–Crippen LogP) is 8.48. The molecule has 0 fully saturated rings. The highest BCUT2D eigenvalue weighted by atomic mass is 79.9. The molecule has 1 atom stereocenters. The van der Waals surface area contributed by atoms with Crippen LogP contribution in [0.3, 0.4) is 0 Å². The van der Waals surface area contributed by atoms with Crippen LogP contribution in [0.4, 0.5) is 0 Å².